The average Bonchev–Trinajstić information content (AvgIpc) is 3.22. The Morgan fingerprint density at radius 3 is 2.23 bits per heavy atom. The summed E-state index contributed by atoms with van der Waals surface area (Å²) in [5.41, 5.74) is 1.38. The minimum Gasteiger partial charge on any atom is -0.493 e. The van der Waals surface area contributed by atoms with E-state index >= 15 is 0 Å². The molecule has 3 heterocycles. The van der Waals surface area contributed by atoms with Gasteiger partial charge in [-0.15, -0.1) is 0 Å². The molecule has 10 heteroatoms. The third kappa shape index (κ3) is 2.87. The molecular weight excluding hydrogens is 406 g/mol. The second-order valence-corrected chi connectivity index (χ2v) is 7.01. The van der Waals surface area contributed by atoms with E-state index in [1.54, 1.807) is 18.2 Å². The fourth-order valence-corrected chi connectivity index (χ4v) is 4.08. The molecule has 10 nitrogen and oxygen atoms in total. The second kappa shape index (κ2) is 7.01. The maximum atomic E-state index is 12.9. The van der Waals surface area contributed by atoms with Crippen molar-refractivity contribution in [1.29, 1.82) is 0 Å². The number of anilines is 2. The molecule has 3 N–H and O–H groups in total. The zero-order valence-electron chi connectivity index (χ0n) is 17.0. The SMILES string of the molecule is COc1cc(C2c3cc4c(cc3Nc3[nH]c(=O)[nH]c(=O)c32)OCO4)cc(OC)c1OC. The number of hydrogen-bond donors (Lipinski definition) is 3. The number of hydrogen-bond acceptors (Lipinski definition) is 8. The number of aromatic amines is 2. The van der Waals surface area contributed by atoms with E-state index in [9.17, 15) is 9.59 Å². The molecule has 1 aromatic heterocycles. The molecule has 0 amide bonds. The summed E-state index contributed by atoms with van der Waals surface area (Å²) in [4.78, 5) is 29.8. The van der Waals surface area contributed by atoms with Gasteiger partial charge in [0.05, 0.1) is 26.9 Å². The summed E-state index contributed by atoms with van der Waals surface area (Å²) in [5, 5.41) is 3.13. The van der Waals surface area contributed by atoms with Crippen LogP contribution in [-0.4, -0.2) is 38.1 Å². The lowest BCUT2D eigenvalue weighted by molar-refractivity contribution is 0.174. The monoisotopic (exact) mass is 425 g/mol. The van der Waals surface area contributed by atoms with Gasteiger partial charge in [-0.1, -0.05) is 0 Å². The minimum absolute atomic E-state index is 0.109. The molecule has 1 unspecified atom stereocenters. The van der Waals surface area contributed by atoms with Crippen molar-refractivity contribution in [3.63, 3.8) is 0 Å². The minimum atomic E-state index is -0.607. The molecule has 2 aromatic carbocycles. The largest absolute Gasteiger partial charge is 0.493 e. The molecule has 31 heavy (non-hydrogen) atoms. The standard InChI is InChI=1S/C21H19N3O7/c1-27-14-4-9(5-15(28-2)18(14)29-3)16-10-6-12-13(31-8-30-12)7-11(10)22-19-17(16)20(25)24-21(26)23-19/h4-7,16H,8H2,1-3H3,(H3,22,23,24,25,26). The number of aromatic nitrogens is 2. The number of methoxy groups -OCH3 is 3. The van der Waals surface area contributed by atoms with Crippen LogP contribution < -0.4 is 40.3 Å². The van der Waals surface area contributed by atoms with Crippen LogP contribution in [0.5, 0.6) is 28.7 Å². The van der Waals surface area contributed by atoms with Crippen LogP contribution >= 0.6 is 0 Å². The van der Waals surface area contributed by atoms with Gasteiger partial charge in [0.25, 0.3) is 5.56 Å². The lowest BCUT2D eigenvalue weighted by atomic mass is 9.82. The summed E-state index contributed by atoms with van der Waals surface area (Å²) in [6, 6.07) is 7.16. The average molecular weight is 425 g/mol. The molecule has 0 bridgehead atoms. The second-order valence-electron chi connectivity index (χ2n) is 7.01. The first-order valence-corrected chi connectivity index (χ1v) is 9.41. The van der Waals surface area contributed by atoms with Crippen LogP contribution in [0, 0.1) is 0 Å². The van der Waals surface area contributed by atoms with Gasteiger partial charge in [0.15, 0.2) is 23.0 Å². The van der Waals surface area contributed by atoms with Gasteiger partial charge in [0.1, 0.15) is 5.82 Å². The third-order valence-electron chi connectivity index (χ3n) is 5.40. The molecule has 0 saturated carbocycles. The predicted molar refractivity (Wildman–Crippen MR) is 111 cm³/mol. The van der Waals surface area contributed by atoms with Crippen LogP contribution in [0.15, 0.2) is 33.9 Å². The first-order chi connectivity index (χ1) is 15.0. The Morgan fingerprint density at radius 1 is 0.903 bits per heavy atom. The highest BCUT2D eigenvalue weighted by Crippen LogP contribution is 2.50. The van der Waals surface area contributed by atoms with Gasteiger partial charge in [-0.05, 0) is 29.3 Å². The van der Waals surface area contributed by atoms with E-state index in [0.717, 1.165) is 5.56 Å². The van der Waals surface area contributed by atoms with E-state index in [2.05, 4.69) is 15.3 Å². The predicted octanol–water partition coefficient (Wildman–Crippen LogP) is 2.05. The van der Waals surface area contributed by atoms with E-state index in [0.29, 0.717) is 51.4 Å². The Kier molecular flexibility index (Phi) is 4.28. The van der Waals surface area contributed by atoms with Crippen molar-refractivity contribution in [2.75, 3.05) is 33.4 Å². The third-order valence-corrected chi connectivity index (χ3v) is 5.40. The summed E-state index contributed by atoms with van der Waals surface area (Å²) in [5.74, 6) is 2.21. The van der Waals surface area contributed by atoms with E-state index < -0.39 is 17.2 Å². The van der Waals surface area contributed by atoms with E-state index in [1.165, 1.54) is 21.3 Å². The van der Waals surface area contributed by atoms with Crippen molar-refractivity contribution >= 4 is 11.5 Å². The number of benzene rings is 2. The summed E-state index contributed by atoms with van der Waals surface area (Å²) in [6.07, 6.45) is 0. The lowest BCUT2D eigenvalue weighted by Gasteiger charge is -2.29. The van der Waals surface area contributed by atoms with Crippen molar-refractivity contribution in [3.8, 4) is 28.7 Å². The molecule has 2 aliphatic rings. The molecule has 0 spiro atoms. The van der Waals surface area contributed by atoms with Gasteiger partial charge in [0.2, 0.25) is 12.5 Å². The molecule has 0 radical (unpaired) electrons. The zero-order valence-corrected chi connectivity index (χ0v) is 17.0. The lowest BCUT2D eigenvalue weighted by Crippen LogP contribution is -2.31. The maximum absolute atomic E-state index is 12.9. The molecule has 160 valence electrons. The fourth-order valence-electron chi connectivity index (χ4n) is 4.08. The molecule has 2 aliphatic heterocycles. The van der Waals surface area contributed by atoms with Crippen molar-refractivity contribution < 1.29 is 23.7 Å². The van der Waals surface area contributed by atoms with Crippen molar-refractivity contribution in [1.82, 2.24) is 9.97 Å². The van der Waals surface area contributed by atoms with E-state index in [4.69, 9.17) is 23.7 Å². The number of rotatable bonds is 4. The molecule has 0 saturated heterocycles. The van der Waals surface area contributed by atoms with Gasteiger partial charge >= 0.3 is 5.69 Å². The number of H-pyrrole nitrogens is 2. The molecule has 0 fully saturated rings. The highest BCUT2D eigenvalue weighted by Gasteiger charge is 2.34. The van der Waals surface area contributed by atoms with Crippen LogP contribution in [0.2, 0.25) is 0 Å². The highest BCUT2D eigenvalue weighted by molar-refractivity contribution is 5.76. The van der Waals surface area contributed by atoms with E-state index in [1.807, 2.05) is 6.07 Å². The quantitative estimate of drug-likeness (QED) is 0.454. The Morgan fingerprint density at radius 2 is 1.58 bits per heavy atom. The van der Waals surface area contributed by atoms with Gasteiger partial charge in [0, 0.05) is 17.7 Å². The first kappa shape index (κ1) is 18.9. The Balaban J connectivity index is 1.81. The summed E-state index contributed by atoms with van der Waals surface area (Å²) in [6.45, 7) is 0.109. The smallest absolute Gasteiger partial charge is 0.327 e. The van der Waals surface area contributed by atoms with Gasteiger partial charge in [-0.3, -0.25) is 14.8 Å². The van der Waals surface area contributed by atoms with Gasteiger partial charge in [-0.25, -0.2) is 4.79 Å². The fraction of sp³-hybridized carbons (Fsp3) is 0.238. The summed E-state index contributed by atoms with van der Waals surface area (Å²) in [7, 11) is 4.56. The number of fused-ring (bicyclic) bond motifs is 3. The molecular formula is C21H19N3O7. The zero-order chi connectivity index (χ0) is 21.7. The van der Waals surface area contributed by atoms with Crippen molar-refractivity contribution in [3.05, 3.63) is 61.8 Å². The van der Waals surface area contributed by atoms with Crippen LogP contribution in [0.1, 0.15) is 22.6 Å². The van der Waals surface area contributed by atoms with Crippen LogP contribution in [-0.2, 0) is 0 Å². The van der Waals surface area contributed by atoms with Crippen LogP contribution in [0.4, 0.5) is 11.5 Å². The van der Waals surface area contributed by atoms with Gasteiger partial charge in [-0.2, -0.15) is 0 Å². The normalized spacial score (nSPS) is 15.5. The Hall–Kier alpha value is -4.08. The number of nitrogens with one attached hydrogen (secondary N) is 3. The topological polar surface area (TPSA) is 124 Å². The maximum Gasteiger partial charge on any atom is 0.327 e. The molecule has 0 aliphatic carbocycles. The molecule has 3 aromatic rings. The van der Waals surface area contributed by atoms with Crippen LogP contribution in [0.25, 0.3) is 0 Å². The Labute approximate surface area is 175 Å². The summed E-state index contributed by atoms with van der Waals surface area (Å²) >= 11 is 0. The number of ether oxygens (including phenoxy) is 5. The van der Waals surface area contributed by atoms with E-state index in [-0.39, 0.29) is 6.79 Å². The first-order valence-electron chi connectivity index (χ1n) is 9.41. The van der Waals surface area contributed by atoms with Gasteiger partial charge < -0.3 is 29.0 Å². The Bertz CT molecular complexity index is 1290. The van der Waals surface area contributed by atoms with Crippen molar-refractivity contribution in [2.45, 2.75) is 5.92 Å². The molecule has 5 rings (SSSR count). The van der Waals surface area contributed by atoms with Crippen molar-refractivity contribution in [2.24, 2.45) is 0 Å². The van der Waals surface area contributed by atoms with Crippen LogP contribution in [0.3, 0.4) is 0 Å². The highest BCUT2D eigenvalue weighted by atomic mass is 16.7. The molecule has 1 atom stereocenters. The summed E-state index contributed by atoms with van der Waals surface area (Å²) < 4.78 is 27.5.